The van der Waals surface area contributed by atoms with Crippen molar-refractivity contribution in [3.05, 3.63) is 21.1 Å². The summed E-state index contributed by atoms with van der Waals surface area (Å²) in [7, 11) is -3.64. The monoisotopic (exact) mass is 438 g/mol. The zero-order chi connectivity index (χ0) is 15.8. The standard InChI is InChI=1S/C14H20Br2N2O2S/c1-8-4-3-5-13(9(8)2)18-21(19,20)14-11(16)6-10(15)7-12(14)17/h6-9,13,18H,3-5,17H2,1-2H3. The van der Waals surface area contributed by atoms with Crippen LogP contribution in [0.3, 0.4) is 0 Å². The first-order valence-electron chi connectivity index (χ1n) is 6.99. The molecule has 0 spiro atoms. The summed E-state index contributed by atoms with van der Waals surface area (Å²) in [5.74, 6) is 0.848. The van der Waals surface area contributed by atoms with Crippen LogP contribution in [-0.2, 0) is 10.0 Å². The summed E-state index contributed by atoms with van der Waals surface area (Å²) in [6.07, 6.45) is 3.08. The molecule has 118 valence electrons. The van der Waals surface area contributed by atoms with Crippen molar-refractivity contribution < 1.29 is 8.42 Å². The van der Waals surface area contributed by atoms with Crippen LogP contribution in [0.4, 0.5) is 5.69 Å². The predicted molar refractivity (Wildman–Crippen MR) is 92.5 cm³/mol. The Morgan fingerprint density at radius 1 is 1.24 bits per heavy atom. The zero-order valence-corrected chi connectivity index (χ0v) is 16.1. The summed E-state index contributed by atoms with van der Waals surface area (Å²) in [6.45, 7) is 4.28. The fourth-order valence-electron chi connectivity index (χ4n) is 2.87. The summed E-state index contributed by atoms with van der Waals surface area (Å²) < 4.78 is 29.4. The molecule has 0 aromatic heterocycles. The minimum atomic E-state index is -3.64. The highest BCUT2D eigenvalue weighted by Gasteiger charge is 2.32. The molecule has 7 heteroatoms. The van der Waals surface area contributed by atoms with Crippen LogP contribution in [0.1, 0.15) is 33.1 Å². The van der Waals surface area contributed by atoms with Crippen molar-refractivity contribution in [2.24, 2.45) is 11.8 Å². The lowest BCUT2D eigenvalue weighted by Gasteiger charge is -2.34. The van der Waals surface area contributed by atoms with E-state index in [9.17, 15) is 8.42 Å². The first-order chi connectivity index (χ1) is 9.72. The smallest absolute Gasteiger partial charge is 0.244 e. The molecular weight excluding hydrogens is 420 g/mol. The van der Waals surface area contributed by atoms with Gasteiger partial charge in [-0.1, -0.05) is 42.6 Å². The van der Waals surface area contributed by atoms with Crippen molar-refractivity contribution in [1.82, 2.24) is 4.72 Å². The number of hydrogen-bond donors (Lipinski definition) is 2. The number of hydrogen-bond acceptors (Lipinski definition) is 3. The highest BCUT2D eigenvalue weighted by Crippen LogP contribution is 2.34. The second-order valence-electron chi connectivity index (χ2n) is 5.80. The van der Waals surface area contributed by atoms with E-state index in [1.807, 2.05) is 0 Å². The average Bonchev–Trinajstić information content (AvgIpc) is 2.33. The van der Waals surface area contributed by atoms with E-state index in [2.05, 4.69) is 50.4 Å². The topological polar surface area (TPSA) is 72.2 Å². The second kappa shape index (κ2) is 6.56. The minimum Gasteiger partial charge on any atom is -0.398 e. The SMILES string of the molecule is CC1CCCC(NS(=O)(=O)c2c(N)cc(Br)cc2Br)C1C. The molecule has 1 aromatic rings. The van der Waals surface area contributed by atoms with Gasteiger partial charge in [0.2, 0.25) is 10.0 Å². The lowest BCUT2D eigenvalue weighted by Crippen LogP contribution is -2.43. The Labute approximate surface area is 143 Å². The maximum absolute atomic E-state index is 12.7. The van der Waals surface area contributed by atoms with E-state index >= 15 is 0 Å². The number of nitrogen functional groups attached to an aromatic ring is 1. The molecule has 1 aromatic carbocycles. The molecule has 0 radical (unpaired) electrons. The van der Waals surface area contributed by atoms with Crippen molar-refractivity contribution in [1.29, 1.82) is 0 Å². The molecule has 1 aliphatic carbocycles. The molecule has 3 N–H and O–H groups in total. The van der Waals surface area contributed by atoms with Gasteiger partial charge >= 0.3 is 0 Å². The molecule has 0 heterocycles. The highest BCUT2D eigenvalue weighted by atomic mass is 79.9. The molecular formula is C14H20Br2N2O2S. The van der Waals surface area contributed by atoms with E-state index in [-0.39, 0.29) is 16.6 Å². The molecule has 0 saturated heterocycles. The first kappa shape index (κ1) is 17.2. The number of nitrogens with one attached hydrogen (secondary N) is 1. The number of sulfonamides is 1. The molecule has 1 aliphatic rings. The fraction of sp³-hybridized carbons (Fsp3) is 0.571. The van der Waals surface area contributed by atoms with Gasteiger partial charge in [-0.25, -0.2) is 13.1 Å². The van der Waals surface area contributed by atoms with Gasteiger partial charge in [0, 0.05) is 15.0 Å². The van der Waals surface area contributed by atoms with Gasteiger partial charge in [-0.05, 0) is 46.3 Å². The fourth-order valence-corrected chi connectivity index (χ4v) is 6.30. The third-order valence-electron chi connectivity index (χ3n) is 4.32. The van der Waals surface area contributed by atoms with Gasteiger partial charge in [-0.3, -0.25) is 0 Å². The first-order valence-corrected chi connectivity index (χ1v) is 10.1. The quantitative estimate of drug-likeness (QED) is 0.701. The highest BCUT2D eigenvalue weighted by molar-refractivity contribution is 9.11. The summed E-state index contributed by atoms with van der Waals surface area (Å²) in [5, 5.41) is 0. The van der Waals surface area contributed by atoms with Gasteiger partial charge in [-0.2, -0.15) is 0 Å². The molecule has 0 amide bonds. The van der Waals surface area contributed by atoms with E-state index in [1.165, 1.54) is 0 Å². The Kier molecular flexibility index (Phi) is 5.39. The Morgan fingerprint density at radius 3 is 2.52 bits per heavy atom. The van der Waals surface area contributed by atoms with Crippen LogP contribution < -0.4 is 10.5 Å². The van der Waals surface area contributed by atoms with Crippen LogP contribution in [0.5, 0.6) is 0 Å². The zero-order valence-electron chi connectivity index (χ0n) is 12.1. The molecule has 0 bridgehead atoms. The third-order valence-corrected chi connectivity index (χ3v) is 7.27. The molecule has 1 saturated carbocycles. The van der Waals surface area contributed by atoms with Crippen LogP contribution in [-0.4, -0.2) is 14.5 Å². The number of anilines is 1. The van der Waals surface area contributed by atoms with Crippen LogP contribution in [0, 0.1) is 11.8 Å². The summed E-state index contributed by atoms with van der Waals surface area (Å²) in [6, 6.07) is 3.26. The van der Waals surface area contributed by atoms with Crippen LogP contribution in [0.2, 0.25) is 0 Å². The van der Waals surface area contributed by atoms with Crippen molar-refractivity contribution in [3.63, 3.8) is 0 Å². The van der Waals surface area contributed by atoms with Gasteiger partial charge in [0.15, 0.2) is 0 Å². The summed E-state index contributed by atoms with van der Waals surface area (Å²) in [5.41, 5.74) is 6.13. The second-order valence-corrected chi connectivity index (χ2v) is 9.22. The van der Waals surface area contributed by atoms with Crippen molar-refractivity contribution in [3.8, 4) is 0 Å². The maximum Gasteiger partial charge on any atom is 0.244 e. The third kappa shape index (κ3) is 3.81. The largest absolute Gasteiger partial charge is 0.398 e. The Hall–Kier alpha value is -0.110. The lowest BCUT2D eigenvalue weighted by atomic mass is 9.78. The minimum absolute atomic E-state index is 0.0336. The average molecular weight is 440 g/mol. The van der Waals surface area contributed by atoms with Crippen molar-refractivity contribution in [2.75, 3.05) is 5.73 Å². The lowest BCUT2D eigenvalue weighted by molar-refractivity contribution is 0.227. The Morgan fingerprint density at radius 2 is 1.90 bits per heavy atom. The van der Waals surface area contributed by atoms with Gasteiger partial charge < -0.3 is 5.73 Å². The number of nitrogens with two attached hydrogens (primary N) is 1. The van der Waals surface area contributed by atoms with E-state index in [1.54, 1.807) is 12.1 Å². The van der Waals surface area contributed by atoms with E-state index in [0.717, 1.165) is 23.7 Å². The Bertz CT molecular complexity index is 611. The molecule has 4 nitrogen and oxygen atoms in total. The normalized spacial score (nSPS) is 26.8. The van der Waals surface area contributed by atoms with E-state index in [0.29, 0.717) is 16.3 Å². The van der Waals surface area contributed by atoms with Crippen LogP contribution in [0.25, 0.3) is 0 Å². The predicted octanol–water partition coefficient (Wildman–Crippen LogP) is 3.90. The summed E-state index contributed by atoms with van der Waals surface area (Å²) >= 11 is 6.60. The van der Waals surface area contributed by atoms with E-state index in [4.69, 9.17) is 5.73 Å². The van der Waals surface area contributed by atoms with Crippen LogP contribution in [0.15, 0.2) is 26.0 Å². The van der Waals surface area contributed by atoms with Gasteiger partial charge in [0.25, 0.3) is 0 Å². The Balaban J connectivity index is 2.31. The molecule has 1 fully saturated rings. The molecule has 3 atom stereocenters. The van der Waals surface area contributed by atoms with Crippen molar-refractivity contribution >= 4 is 47.6 Å². The van der Waals surface area contributed by atoms with Crippen molar-refractivity contribution in [2.45, 2.75) is 44.0 Å². The summed E-state index contributed by atoms with van der Waals surface area (Å²) in [4.78, 5) is 0.121. The molecule has 3 unspecified atom stereocenters. The van der Waals surface area contributed by atoms with Gasteiger partial charge in [-0.15, -0.1) is 0 Å². The van der Waals surface area contributed by atoms with Gasteiger partial charge in [0.1, 0.15) is 4.90 Å². The van der Waals surface area contributed by atoms with Crippen LogP contribution >= 0.6 is 31.9 Å². The number of halogens is 2. The van der Waals surface area contributed by atoms with E-state index < -0.39 is 10.0 Å². The molecule has 2 rings (SSSR count). The molecule has 0 aliphatic heterocycles. The number of benzene rings is 1. The van der Waals surface area contributed by atoms with Gasteiger partial charge in [0.05, 0.1) is 5.69 Å². The number of rotatable bonds is 3. The molecule has 21 heavy (non-hydrogen) atoms. The maximum atomic E-state index is 12.7.